The van der Waals surface area contributed by atoms with Gasteiger partial charge in [0.1, 0.15) is 0 Å². The van der Waals surface area contributed by atoms with Gasteiger partial charge in [0.15, 0.2) is 0 Å². The van der Waals surface area contributed by atoms with E-state index in [1.54, 1.807) is 0 Å². The van der Waals surface area contributed by atoms with Gasteiger partial charge in [-0.05, 0) is 49.2 Å². The molecule has 1 atom stereocenters. The van der Waals surface area contributed by atoms with E-state index >= 15 is 0 Å². The van der Waals surface area contributed by atoms with Gasteiger partial charge in [-0.25, -0.2) is 0 Å². The van der Waals surface area contributed by atoms with E-state index in [0.717, 1.165) is 30.6 Å². The zero-order valence-electron chi connectivity index (χ0n) is 12.2. The number of rotatable bonds is 6. The van der Waals surface area contributed by atoms with Gasteiger partial charge in [0.05, 0.1) is 6.10 Å². The predicted octanol–water partition coefficient (Wildman–Crippen LogP) is 2.95. The minimum Gasteiger partial charge on any atom is -0.388 e. The molecule has 0 aliphatic heterocycles. The summed E-state index contributed by atoms with van der Waals surface area (Å²) in [5.41, 5.74) is 3.43. The van der Waals surface area contributed by atoms with Crippen LogP contribution in [0.1, 0.15) is 29.2 Å². The maximum atomic E-state index is 10.3. The van der Waals surface area contributed by atoms with Gasteiger partial charge in [-0.2, -0.15) is 0 Å². The van der Waals surface area contributed by atoms with Crippen LogP contribution in [0, 0.1) is 6.92 Å². The minimum absolute atomic E-state index is 0.393. The maximum Gasteiger partial charge on any atom is 0.0804 e. The first kappa shape index (κ1) is 14.7. The van der Waals surface area contributed by atoms with E-state index in [1.165, 1.54) is 5.56 Å². The number of hydrogen-bond donors (Lipinski definition) is 1. The predicted molar refractivity (Wildman–Crippen MR) is 81.3 cm³/mol. The van der Waals surface area contributed by atoms with E-state index in [2.05, 4.69) is 16.9 Å². The number of aliphatic hydroxyl groups excluding tert-OH is 1. The quantitative estimate of drug-likeness (QED) is 0.876. The molecule has 1 aromatic heterocycles. The zero-order chi connectivity index (χ0) is 14.4. The molecule has 0 aliphatic carbocycles. The molecule has 1 N–H and O–H groups in total. The molecule has 0 aliphatic rings. The van der Waals surface area contributed by atoms with Crippen molar-refractivity contribution in [2.45, 2.75) is 26.0 Å². The van der Waals surface area contributed by atoms with E-state index in [4.69, 9.17) is 0 Å². The van der Waals surface area contributed by atoms with Crippen LogP contribution in [0.25, 0.3) is 0 Å². The SMILES string of the molecule is Cc1ccccc1C(O)CCN(C)Cc1ccncc1. The van der Waals surface area contributed by atoms with Gasteiger partial charge in [-0.15, -0.1) is 0 Å². The minimum atomic E-state index is -0.393. The summed E-state index contributed by atoms with van der Waals surface area (Å²) in [6.45, 7) is 3.78. The fourth-order valence-corrected chi connectivity index (χ4v) is 2.34. The number of nitrogens with zero attached hydrogens (tertiary/aromatic N) is 2. The third-order valence-electron chi connectivity index (χ3n) is 3.53. The van der Waals surface area contributed by atoms with Gasteiger partial charge in [0.2, 0.25) is 0 Å². The van der Waals surface area contributed by atoms with Crippen LogP contribution in [0.3, 0.4) is 0 Å². The Hall–Kier alpha value is -1.71. The fourth-order valence-electron chi connectivity index (χ4n) is 2.34. The zero-order valence-corrected chi connectivity index (χ0v) is 12.2. The largest absolute Gasteiger partial charge is 0.388 e. The summed E-state index contributed by atoms with van der Waals surface area (Å²) in [6, 6.07) is 12.1. The van der Waals surface area contributed by atoms with Crippen molar-refractivity contribution in [2.24, 2.45) is 0 Å². The van der Waals surface area contributed by atoms with Gasteiger partial charge in [-0.1, -0.05) is 24.3 Å². The molecular weight excluding hydrogens is 248 g/mol. The van der Waals surface area contributed by atoms with E-state index in [0.29, 0.717) is 0 Å². The lowest BCUT2D eigenvalue weighted by Gasteiger charge is -2.20. The standard InChI is InChI=1S/C17H22N2O/c1-14-5-3-4-6-16(14)17(20)9-12-19(2)13-15-7-10-18-11-8-15/h3-8,10-11,17,20H,9,12-13H2,1-2H3. The lowest BCUT2D eigenvalue weighted by Crippen LogP contribution is -2.21. The highest BCUT2D eigenvalue weighted by Gasteiger charge is 2.11. The van der Waals surface area contributed by atoms with Crippen molar-refractivity contribution >= 4 is 0 Å². The Morgan fingerprint density at radius 1 is 1.15 bits per heavy atom. The Balaban J connectivity index is 1.84. The Kier molecular flexibility index (Phi) is 5.27. The highest BCUT2D eigenvalue weighted by atomic mass is 16.3. The lowest BCUT2D eigenvalue weighted by atomic mass is 10.0. The lowest BCUT2D eigenvalue weighted by molar-refractivity contribution is 0.147. The van der Waals surface area contributed by atoms with Crippen LogP contribution in [0.5, 0.6) is 0 Å². The van der Waals surface area contributed by atoms with Crippen molar-refractivity contribution in [3.8, 4) is 0 Å². The Morgan fingerprint density at radius 3 is 2.55 bits per heavy atom. The van der Waals surface area contributed by atoms with Crippen LogP contribution in [0.15, 0.2) is 48.8 Å². The molecule has 2 aromatic rings. The maximum absolute atomic E-state index is 10.3. The van der Waals surface area contributed by atoms with Crippen LogP contribution in [0.2, 0.25) is 0 Å². The molecule has 2 rings (SSSR count). The summed E-state index contributed by atoms with van der Waals surface area (Å²) in [5.74, 6) is 0. The van der Waals surface area contributed by atoms with E-state index in [-0.39, 0.29) is 0 Å². The summed E-state index contributed by atoms with van der Waals surface area (Å²) < 4.78 is 0. The smallest absolute Gasteiger partial charge is 0.0804 e. The van der Waals surface area contributed by atoms with Gasteiger partial charge in [0, 0.05) is 25.5 Å². The monoisotopic (exact) mass is 270 g/mol. The van der Waals surface area contributed by atoms with Gasteiger partial charge in [-0.3, -0.25) is 4.98 Å². The molecule has 1 aromatic carbocycles. The first-order valence-corrected chi connectivity index (χ1v) is 6.98. The van der Waals surface area contributed by atoms with Crippen molar-refractivity contribution in [1.82, 2.24) is 9.88 Å². The molecule has 20 heavy (non-hydrogen) atoms. The average Bonchev–Trinajstić information content (AvgIpc) is 2.46. The molecule has 0 fully saturated rings. The summed E-state index contributed by atoms with van der Waals surface area (Å²) in [5, 5.41) is 10.3. The summed E-state index contributed by atoms with van der Waals surface area (Å²) in [4.78, 5) is 6.24. The number of hydrogen-bond acceptors (Lipinski definition) is 3. The molecule has 1 heterocycles. The molecule has 0 amide bonds. The number of aliphatic hydroxyl groups is 1. The fraction of sp³-hybridized carbons (Fsp3) is 0.353. The highest BCUT2D eigenvalue weighted by Crippen LogP contribution is 2.20. The van der Waals surface area contributed by atoms with Crippen molar-refractivity contribution in [2.75, 3.05) is 13.6 Å². The van der Waals surface area contributed by atoms with Crippen molar-refractivity contribution in [3.63, 3.8) is 0 Å². The first-order chi connectivity index (χ1) is 9.66. The van der Waals surface area contributed by atoms with Crippen LogP contribution in [-0.4, -0.2) is 28.6 Å². The molecular formula is C17H22N2O. The van der Waals surface area contributed by atoms with Crippen molar-refractivity contribution in [1.29, 1.82) is 0 Å². The van der Waals surface area contributed by atoms with E-state index in [1.807, 2.05) is 55.7 Å². The molecule has 0 spiro atoms. The number of pyridine rings is 1. The van der Waals surface area contributed by atoms with Gasteiger partial charge < -0.3 is 10.0 Å². The van der Waals surface area contributed by atoms with E-state index < -0.39 is 6.10 Å². The molecule has 0 bridgehead atoms. The summed E-state index contributed by atoms with van der Waals surface area (Å²) in [7, 11) is 2.07. The molecule has 1 unspecified atom stereocenters. The summed E-state index contributed by atoms with van der Waals surface area (Å²) in [6.07, 6.45) is 3.97. The highest BCUT2D eigenvalue weighted by molar-refractivity contribution is 5.27. The Morgan fingerprint density at radius 2 is 1.85 bits per heavy atom. The normalized spacial score (nSPS) is 12.6. The molecule has 0 saturated carbocycles. The van der Waals surface area contributed by atoms with Crippen LogP contribution < -0.4 is 0 Å². The van der Waals surface area contributed by atoms with E-state index in [9.17, 15) is 5.11 Å². The average molecular weight is 270 g/mol. The van der Waals surface area contributed by atoms with Gasteiger partial charge in [0.25, 0.3) is 0 Å². The Bertz CT molecular complexity index is 528. The number of aryl methyl sites for hydroxylation is 1. The second-order valence-corrected chi connectivity index (χ2v) is 5.25. The van der Waals surface area contributed by atoms with Crippen molar-refractivity contribution in [3.05, 3.63) is 65.5 Å². The van der Waals surface area contributed by atoms with Crippen LogP contribution in [0.4, 0.5) is 0 Å². The van der Waals surface area contributed by atoms with Gasteiger partial charge >= 0.3 is 0 Å². The second kappa shape index (κ2) is 7.17. The summed E-state index contributed by atoms with van der Waals surface area (Å²) >= 11 is 0. The molecule has 3 nitrogen and oxygen atoms in total. The third-order valence-corrected chi connectivity index (χ3v) is 3.53. The molecule has 0 saturated heterocycles. The van der Waals surface area contributed by atoms with Crippen LogP contribution >= 0.6 is 0 Å². The Labute approximate surface area is 120 Å². The van der Waals surface area contributed by atoms with Crippen molar-refractivity contribution < 1.29 is 5.11 Å². The molecule has 106 valence electrons. The topological polar surface area (TPSA) is 36.4 Å². The third kappa shape index (κ3) is 4.15. The number of aromatic nitrogens is 1. The van der Waals surface area contributed by atoms with Crippen LogP contribution in [-0.2, 0) is 6.54 Å². The second-order valence-electron chi connectivity index (χ2n) is 5.25. The number of benzene rings is 1. The first-order valence-electron chi connectivity index (χ1n) is 6.98. The molecule has 0 radical (unpaired) electrons. The molecule has 3 heteroatoms.